The van der Waals surface area contributed by atoms with E-state index in [2.05, 4.69) is 133 Å². The van der Waals surface area contributed by atoms with Gasteiger partial charge in [-0.2, -0.15) is 0 Å². The summed E-state index contributed by atoms with van der Waals surface area (Å²) in [5.41, 5.74) is 9.29. The van der Waals surface area contributed by atoms with Crippen molar-refractivity contribution in [3.05, 3.63) is 146 Å². The number of benzene rings is 8. The zero-order chi connectivity index (χ0) is 35.3. The summed E-state index contributed by atoms with van der Waals surface area (Å²) in [5.74, 6) is 3.19. The number of hydrogen-bond acceptors (Lipinski definition) is 4. The number of hydrogen-bond donors (Lipinski definition) is 0. The number of ether oxygens (including phenoxy) is 3. The third-order valence-electron chi connectivity index (χ3n) is 10.3. The summed E-state index contributed by atoms with van der Waals surface area (Å²) in [4.78, 5) is 5.50. The minimum atomic E-state index is 0.773. The van der Waals surface area contributed by atoms with Gasteiger partial charge < -0.3 is 18.8 Å². The van der Waals surface area contributed by atoms with Crippen molar-refractivity contribution in [3.8, 4) is 62.0 Å². The number of aromatic nitrogens is 2. The lowest BCUT2D eigenvalue weighted by Crippen LogP contribution is -1.97. The van der Waals surface area contributed by atoms with Gasteiger partial charge in [0.1, 0.15) is 23.1 Å². The van der Waals surface area contributed by atoms with Gasteiger partial charge in [-0.3, -0.25) is 0 Å². The topological polar surface area (TPSA) is 45.5 Å². The fourth-order valence-electron chi connectivity index (χ4n) is 7.76. The highest BCUT2D eigenvalue weighted by Gasteiger charge is 2.23. The molecule has 9 aromatic rings. The molecule has 0 spiro atoms. The average Bonchev–Trinajstić information content (AvgIpc) is 3.56. The molecule has 252 valence electrons. The summed E-state index contributed by atoms with van der Waals surface area (Å²) in [5, 5.41) is 6.72. The molecule has 0 saturated heterocycles. The third-order valence-corrected chi connectivity index (χ3v) is 10.3. The smallest absolute Gasteiger partial charge is 0.145 e. The lowest BCUT2D eigenvalue weighted by molar-refractivity contribution is 0.406. The third kappa shape index (κ3) is 4.96. The summed E-state index contributed by atoms with van der Waals surface area (Å²) in [6.45, 7) is 0. The van der Waals surface area contributed by atoms with E-state index >= 15 is 0 Å². The SMILES string of the molecule is COc1cc(-c2ccc3c4ccc(-c5ccccc5)cc4c4nc(-c5c(OC)ccc6ccccc56)n(C)c4c3c2)c(OC)cc1-c1ccccc1. The van der Waals surface area contributed by atoms with Crippen LogP contribution in [-0.4, -0.2) is 30.9 Å². The zero-order valence-corrected chi connectivity index (χ0v) is 29.5. The molecule has 0 aliphatic rings. The van der Waals surface area contributed by atoms with E-state index in [4.69, 9.17) is 19.2 Å². The van der Waals surface area contributed by atoms with Crippen LogP contribution in [0.2, 0.25) is 0 Å². The van der Waals surface area contributed by atoms with Crippen molar-refractivity contribution in [2.75, 3.05) is 21.3 Å². The fraction of sp³-hybridized carbons (Fsp3) is 0.0851. The molecule has 5 heteroatoms. The molecule has 0 bridgehead atoms. The lowest BCUT2D eigenvalue weighted by atomic mass is 9.92. The van der Waals surface area contributed by atoms with Crippen molar-refractivity contribution in [3.63, 3.8) is 0 Å². The monoisotopic (exact) mass is 676 g/mol. The molecule has 52 heavy (non-hydrogen) atoms. The average molecular weight is 677 g/mol. The molecule has 0 N–H and O–H groups in total. The quantitative estimate of drug-likeness (QED) is 0.158. The molecule has 9 rings (SSSR count). The first kappa shape index (κ1) is 31.4. The molecule has 0 aliphatic carbocycles. The molecule has 0 saturated carbocycles. The minimum absolute atomic E-state index is 0.773. The highest BCUT2D eigenvalue weighted by molar-refractivity contribution is 6.25. The van der Waals surface area contributed by atoms with Crippen molar-refractivity contribution in [1.29, 1.82) is 0 Å². The maximum Gasteiger partial charge on any atom is 0.145 e. The van der Waals surface area contributed by atoms with E-state index in [9.17, 15) is 0 Å². The van der Waals surface area contributed by atoms with E-state index in [-0.39, 0.29) is 0 Å². The Balaban J connectivity index is 1.36. The number of rotatable bonds is 7. The molecule has 0 amide bonds. The summed E-state index contributed by atoms with van der Waals surface area (Å²) in [7, 11) is 7.28. The van der Waals surface area contributed by atoms with Gasteiger partial charge in [0.25, 0.3) is 0 Å². The minimum Gasteiger partial charge on any atom is -0.496 e. The van der Waals surface area contributed by atoms with Crippen LogP contribution in [0, 0.1) is 0 Å². The number of fused-ring (bicyclic) bond motifs is 7. The lowest BCUT2D eigenvalue weighted by Gasteiger charge is -2.17. The van der Waals surface area contributed by atoms with Crippen molar-refractivity contribution in [2.24, 2.45) is 7.05 Å². The molecule has 5 nitrogen and oxygen atoms in total. The largest absolute Gasteiger partial charge is 0.496 e. The highest BCUT2D eigenvalue weighted by atomic mass is 16.5. The van der Waals surface area contributed by atoms with Crippen LogP contribution >= 0.6 is 0 Å². The van der Waals surface area contributed by atoms with Crippen molar-refractivity contribution >= 4 is 43.4 Å². The van der Waals surface area contributed by atoms with Crippen LogP contribution in [0.1, 0.15) is 0 Å². The van der Waals surface area contributed by atoms with Gasteiger partial charge in [-0.15, -0.1) is 0 Å². The van der Waals surface area contributed by atoms with E-state index in [0.717, 1.165) is 99.8 Å². The first-order chi connectivity index (χ1) is 25.6. The van der Waals surface area contributed by atoms with Crippen molar-refractivity contribution in [1.82, 2.24) is 9.55 Å². The molecule has 0 aliphatic heterocycles. The number of aryl methyl sites for hydroxylation is 1. The van der Waals surface area contributed by atoms with Gasteiger partial charge in [-0.25, -0.2) is 4.98 Å². The molecule has 1 heterocycles. The Morgan fingerprint density at radius 2 is 1.02 bits per heavy atom. The first-order valence-corrected chi connectivity index (χ1v) is 17.4. The molecule has 8 aromatic carbocycles. The van der Waals surface area contributed by atoms with Crippen LogP contribution < -0.4 is 14.2 Å². The Morgan fingerprint density at radius 1 is 0.442 bits per heavy atom. The van der Waals surface area contributed by atoms with Crippen LogP contribution in [0.4, 0.5) is 0 Å². The fourth-order valence-corrected chi connectivity index (χ4v) is 7.76. The predicted molar refractivity (Wildman–Crippen MR) is 215 cm³/mol. The Kier molecular flexibility index (Phi) is 7.62. The predicted octanol–water partition coefficient (Wildman–Crippen LogP) is 11.7. The molecule has 1 aromatic heterocycles. The Labute approximate surface area is 302 Å². The van der Waals surface area contributed by atoms with E-state index < -0.39 is 0 Å². The van der Waals surface area contributed by atoms with Crippen LogP contribution in [-0.2, 0) is 7.05 Å². The second kappa shape index (κ2) is 12.6. The normalized spacial score (nSPS) is 11.5. The van der Waals surface area contributed by atoms with Crippen LogP contribution in [0.25, 0.3) is 88.1 Å². The second-order valence-corrected chi connectivity index (χ2v) is 13.1. The van der Waals surface area contributed by atoms with Crippen LogP contribution in [0.15, 0.2) is 146 Å². The Morgan fingerprint density at radius 3 is 1.71 bits per heavy atom. The van der Waals surface area contributed by atoms with Gasteiger partial charge in [-0.1, -0.05) is 115 Å². The van der Waals surface area contributed by atoms with Gasteiger partial charge in [-0.05, 0) is 74.1 Å². The highest BCUT2D eigenvalue weighted by Crippen LogP contribution is 2.45. The van der Waals surface area contributed by atoms with E-state index in [1.807, 2.05) is 24.3 Å². The molecule has 0 atom stereocenters. The molecular weight excluding hydrogens is 641 g/mol. The molecular formula is C47H36N2O3. The van der Waals surface area contributed by atoms with E-state index in [0.29, 0.717) is 0 Å². The summed E-state index contributed by atoms with van der Waals surface area (Å²) in [6, 6.07) is 50.9. The standard InChI is InChI=1S/C47H36N2O3/c1-49-46-40-26-33(38-28-42(51-3)37(27-43(38)52-4)30-15-9-6-10-16-30)20-23-36(40)35-22-19-32(29-13-7-5-8-14-29)25-39(35)45(46)48-47(49)44-34-18-12-11-17-31(34)21-24-41(44)50-2/h5-28H,1-4H3. The van der Waals surface area contributed by atoms with E-state index in [1.165, 1.54) is 5.56 Å². The number of imidazole rings is 1. The first-order valence-electron chi connectivity index (χ1n) is 17.4. The van der Waals surface area contributed by atoms with Gasteiger partial charge in [0.05, 0.1) is 37.9 Å². The molecule has 0 radical (unpaired) electrons. The maximum atomic E-state index is 6.05. The van der Waals surface area contributed by atoms with Gasteiger partial charge in [0, 0.05) is 28.9 Å². The van der Waals surface area contributed by atoms with Gasteiger partial charge >= 0.3 is 0 Å². The van der Waals surface area contributed by atoms with Gasteiger partial charge in [0.15, 0.2) is 0 Å². The van der Waals surface area contributed by atoms with Gasteiger partial charge in [0.2, 0.25) is 0 Å². The van der Waals surface area contributed by atoms with Crippen LogP contribution in [0.3, 0.4) is 0 Å². The molecule has 0 fully saturated rings. The molecule has 0 unspecified atom stereocenters. The summed E-state index contributed by atoms with van der Waals surface area (Å²) >= 11 is 0. The summed E-state index contributed by atoms with van der Waals surface area (Å²) < 4.78 is 20.3. The Hall–Kier alpha value is -6.59. The van der Waals surface area contributed by atoms with Crippen molar-refractivity contribution < 1.29 is 14.2 Å². The number of nitrogens with zero attached hydrogens (tertiary/aromatic N) is 2. The Bertz CT molecular complexity index is 2800. The van der Waals surface area contributed by atoms with Crippen LogP contribution in [0.5, 0.6) is 17.2 Å². The maximum absolute atomic E-state index is 6.05. The van der Waals surface area contributed by atoms with Crippen molar-refractivity contribution in [2.45, 2.75) is 0 Å². The summed E-state index contributed by atoms with van der Waals surface area (Å²) in [6.07, 6.45) is 0. The van der Waals surface area contributed by atoms with E-state index in [1.54, 1.807) is 21.3 Å². The zero-order valence-electron chi connectivity index (χ0n) is 29.5. The number of methoxy groups -OCH3 is 3. The second-order valence-electron chi connectivity index (χ2n) is 13.1.